The third-order valence-electron chi connectivity index (χ3n) is 3.55. The second-order valence-electron chi connectivity index (χ2n) is 5.67. The van der Waals surface area contributed by atoms with Crippen molar-refractivity contribution in [1.82, 2.24) is 4.98 Å². The van der Waals surface area contributed by atoms with Crippen LogP contribution < -0.4 is 5.32 Å². The van der Waals surface area contributed by atoms with Crippen LogP contribution in [0, 0.1) is 0 Å². The van der Waals surface area contributed by atoms with Crippen LogP contribution in [0.2, 0.25) is 5.02 Å². The molecule has 1 heterocycles. The summed E-state index contributed by atoms with van der Waals surface area (Å²) >= 11 is 7.34. The Bertz CT molecular complexity index is 1030. The minimum Gasteiger partial charge on any atom is -0.326 e. The monoisotopic (exact) mass is 406 g/mol. The lowest BCUT2D eigenvalue weighted by atomic mass is 10.2. The molecule has 0 bridgehead atoms. The quantitative estimate of drug-likeness (QED) is 0.693. The van der Waals surface area contributed by atoms with Gasteiger partial charge in [0.05, 0.1) is 17.0 Å². The van der Waals surface area contributed by atoms with Crippen LogP contribution in [0.1, 0.15) is 5.69 Å². The molecule has 0 fully saturated rings. The molecule has 0 aliphatic rings. The van der Waals surface area contributed by atoms with Gasteiger partial charge in [-0.3, -0.25) is 4.79 Å². The zero-order chi connectivity index (χ0) is 18.7. The van der Waals surface area contributed by atoms with Crippen molar-refractivity contribution >= 4 is 44.4 Å². The van der Waals surface area contributed by atoms with Crippen LogP contribution in [0.4, 0.5) is 5.69 Å². The van der Waals surface area contributed by atoms with Gasteiger partial charge in [0.25, 0.3) is 0 Å². The SMILES string of the molecule is CS(=O)(=O)c1ccc(NC(=O)Cc2csc(-c3ccc(Cl)cc3)n2)cc1. The Morgan fingerprint density at radius 2 is 1.77 bits per heavy atom. The van der Waals surface area contributed by atoms with Crippen LogP contribution in [-0.2, 0) is 21.1 Å². The standard InChI is InChI=1S/C18H15ClN2O3S2/c1-26(23,24)16-8-6-14(7-9-16)20-17(22)10-15-11-25-18(21-15)12-2-4-13(19)5-3-12/h2-9,11H,10H2,1H3,(H,20,22). The summed E-state index contributed by atoms with van der Waals surface area (Å²) in [7, 11) is -3.25. The highest BCUT2D eigenvalue weighted by Crippen LogP contribution is 2.25. The molecule has 0 aliphatic carbocycles. The lowest BCUT2D eigenvalue weighted by Gasteiger charge is -2.05. The van der Waals surface area contributed by atoms with E-state index in [1.807, 2.05) is 17.5 Å². The summed E-state index contributed by atoms with van der Waals surface area (Å²) in [5.41, 5.74) is 2.16. The third kappa shape index (κ3) is 4.69. The summed E-state index contributed by atoms with van der Waals surface area (Å²) in [5.74, 6) is -0.218. The normalized spacial score (nSPS) is 11.3. The van der Waals surface area contributed by atoms with Crippen molar-refractivity contribution in [1.29, 1.82) is 0 Å². The lowest BCUT2D eigenvalue weighted by molar-refractivity contribution is -0.115. The second-order valence-corrected chi connectivity index (χ2v) is 8.98. The van der Waals surface area contributed by atoms with Gasteiger partial charge in [-0.1, -0.05) is 23.7 Å². The maximum absolute atomic E-state index is 12.2. The number of carbonyl (C=O) groups is 1. The summed E-state index contributed by atoms with van der Waals surface area (Å²) in [4.78, 5) is 16.9. The summed E-state index contributed by atoms with van der Waals surface area (Å²) in [6.07, 6.45) is 1.28. The Hall–Kier alpha value is -2.22. The number of nitrogens with one attached hydrogen (secondary N) is 1. The number of halogens is 1. The molecule has 5 nitrogen and oxygen atoms in total. The number of hydrogen-bond acceptors (Lipinski definition) is 5. The zero-order valence-corrected chi connectivity index (χ0v) is 16.2. The molecule has 0 unspecified atom stereocenters. The highest BCUT2D eigenvalue weighted by molar-refractivity contribution is 7.90. The maximum Gasteiger partial charge on any atom is 0.230 e. The van der Waals surface area contributed by atoms with Crippen molar-refractivity contribution in [3.05, 3.63) is 64.6 Å². The van der Waals surface area contributed by atoms with Crippen LogP contribution >= 0.6 is 22.9 Å². The smallest absolute Gasteiger partial charge is 0.230 e. The third-order valence-corrected chi connectivity index (χ3v) is 5.87. The largest absolute Gasteiger partial charge is 0.326 e. The van der Waals surface area contributed by atoms with Crippen molar-refractivity contribution in [2.75, 3.05) is 11.6 Å². The van der Waals surface area contributed by atoms with Crippen LogP contribution in [0.5, 0.6) is 0 Å². The molecule has 0 aliphatic heterocycles. The topological polar surface area (TPSA) is 76.1 Å². The van der Waals surface area contributed by atoms with Gasteiger partial charge in [0, 0.05) is 27.9 Å². The van der Waals surface area contributed by atoms with Gasteiger partial charge in [0.1, 0.15) is 5.01 Å². The number of hydrogen-bond donors (Lipinski definition) is 1. The van der Waals surface area contributed by atoms with E-state index < -0.39 is 9.84 Å². The van der Waals surface area contributed by atoms with Gasteiger partial charge in [0.15, 0.2) is 9.84 Å². The molecule has 0 saturated heterocycles. The predicted octanol–water partition coefficient (Wildman–Crippen LogP) is 4.05. The lowest BCUT2D eigenvalue weighted by Crippen LogP contribution is -2.14. The molecular formula is C18H15ClN2O3S2. The highest BCUT2D eigenvalue weighted by Gasteiger charge is 2.11. The fourth-order valence-corrected chi connectivity index (χ4v) is 3.85. The summed E-state index contributed by atoms with van der Waals surface area (Å²) < 4.78 is 22.9. The van der Waals surface area contributed by atoms with E-state index >= 15 is 0 Å². The molecule has 0 atom stereocenters. The maximum atomic E-state index is 12.2. The predicted molar refractivity (Wildman–Crippen MR) is 104 cm³/mol. The number of benzene rings is 2. The van der Waals surface area contributed by atoms with Gasteiger partial charge < -0.3 is 5.32 Å². The molecular weight excluding hydrogens is 392 g/mol. The van der Waals surface area contributed by atoms with E-state index in [9.17, 15) is 13.2 Å². The van der Waals surface area contributed by atoms with Gasteiger partial charge in [-0.05, 0) is 36.4 Å². The van der Waals surface area contributed by atoms with Gasteiger partial charge in [-0.15, -0.1) is 11.3 Å². The molecule has 2 aromatic carbocycles. The first-order valence-corrected chi connectivity index (χ1v) is 10.8. The van der Waals surface area contributed by atoms with Gasteiger partial charge in [-0.2, -0.15) is 0 Å². The number of sulfone groups is 1. The molecule has 1 aromatic heterocycles. The van der Waals surface area contributed by atoms with Crippen molar-refractivity contribution in [3.8, 4) is 10.6 Å². The highest BCUT2D eigenvalue weighted by atomic mass is 35.5. The summed E-state index contributed by atoms with van der Waals surface area (Å²) in [6.45, 7) is 0. The molecule has 1 amide bonds. The van der Waals surface area contributed by atoms with Crippen LogP contribution in [0.3, 0.4) is 0 Å². The molecule has 0 saturated carbocycles. The number of amides is 1. The molecule has 1 N–H and O–H groups in total. The summed E-state index contributed by atoms with van der Waals surface area (Å²) in [5, 5.41) is 6.06. The van der Waals surface area contributed by atoms with Crippen molar-refractivity contribution in [2.45, 2.75) is 11.3 Å². The van der Waals surface area contributed by atoms with Gasteiger partial charge in [0.2, 0.25) is 5.91 Å². The van der Waals surface area contributed by atoms with Gasteiger partial charge >= 0.3 is 0 Å². The molecule has 134 valence electrons. The Labute approximate surface area is 160 Å². The van der Waals surface area contributed by atoms with Gasteiger partial charge in [-0.25, -0.2) is 13.4 Å². The minimum absolute atomic E-state index is 0.137. The molecule has 0 radical (unpaired) electrons. The number of anilines is 1. The minimum atomic E-state index is -3.25. The van der Waals surface area contributed by atoms with Crippen LogP contribution in [-0.4, -0.2) is 25.6 Å². The average molecular weight is 407 g/mol. The van der Waals surface area contributed by atoms with E-state index in [1.54, 1.807) is 24.3 Å². The van der Waals surface area contributed by atoms with Crippen LogP contribution in [0.25, 0.3) is 10.6 Å². The number of thiazole rings is 1. The fraction of sp³-hybridized carbons (Fsp3) is 0.111. The second kappa shape index (κ2) is 7.57. The molecule has 3 rings (SSSR count). The van der Waals surface area contributed by atoms with E-state index in [4.69, 9.17) is 11.6 Å². The molecule has 26 heavy (non-hydrogen) atoms. The Kier molecular flexibility index (Phi) is 5.41. The first-order chi connectivity index (χ1) is 12.3. The first kappa shape index (κ1) is 18.6. The van der Waals surface area contributed by atoms with E-state index in [0.717, 1.165) is 16.8 Å². The Morgan fingerprint density at radius 1 is 1.12 bits per heavy atom. The molecule has 8 heteroatoms. The first-order valence-electron chi connectivity index (χ1n) is 7.61. The average Bonchev–Trinajstić information content (AvgIpc) is 3.03. The van der Waals surface area contributed by atoms with E-state index in [2.05, 4.69) is 10.3 Å². The van der Waals surface area contributed by atoms with E-state index in [0.29, 0.717) is 16.4 Å². The number of nitrogens with zero attached hydrogens (tertiary/aromatic N) is 1. The molecule has 0 spiro atoms. The number of aromatic nitrogens is 1. The summed E-state index contributed by atoms with van der Waals surface area (Å²) in [6, 6.07) is 13.4. The zero-order valence-electron chi connectivity index (χ0n) is 13.8. The Morgan fingerprint density at radius 3 is 2.38 bits per heavy atom. The van der Waals surface area contributed by atoms with Crippen LogP contribution in [0.15, 0.2) is 58.8 Å². The Balaban J connectivity index is 1.64. The van der Waals surface area contributed by atoms with Crippen molar-refractivity contribution in [3.63, 3.8) is 0 Å². The van der Waals surface area contributed by atoms with Crippen molar-refractivity contribution < 1.29 is 13.2 Å². The molecule has 3 aromatic rings. The van der Waals surface area contributed by atoms with E-state index in [1.165, 1.54) is 23.5 Å². The number of carbonyl (C=O) groups excluding carboxylic acids is 1. The fourth-order valence-electron chi connectivity index (χ4n) is 2.27. The van der Waals surface area contributed by atoms with E-state index in [-0.39, 0.29) is 17.2 Å². The van der Waals surface area contributed by atoms with Crippen molar-refractivity contribution in [2.24, 2.45) is 0 Å². The number of rotatable bonds is 5.